The molecule has 0 saturated carbocycles. The zero-order valence-electron chi connectivity index (χ0n) is 16.2. The first-order chi connectivity index (χ1) is 13.1. The van der Waals surface area contributed by atoms with Gasteiger partial charge in [0.1, 0.15) is 22.8 Å². The number of hydrogen-bond donors (Lipinski definition) is 3. The van der Waals surface area contributed by atoms with Crippen LogP contribution in [0.2, 0.25) is 0 Å². The van der Waals surface area contributed by atoms with E-state index in [9.17, 15) is 15.3 Å². The molecule has 1 fully saturated rings. The highest BCUT2D eigenvalue weighted by Gasteiger charge is 2.63. The minimum Gasteiger partial charge on any atom is -0.507 e. The summed E-state index contributed by atoms with van der Waals surface area (Å²) in [4.78, 5) is 9.90. The molecular weight excluding hydrogens is 356 g/mol. The summed E-state index contributed by atoms with van der Waals surface area (Å²) >= 11 is 0. The van der Waals surface area contributed by atoms with E-state index in [1.165, 1.54) is 6.07 Å². The molecule has 3 N–H and O–H groups in total. The summed E-state index contributed by atoms with van der Waals surface area (Å²) in [7, 11) is 0. The largest absolute Gasteiger partial charge is 0.507 e. The molecule has 1 atom stereocenters. The molecule has 144 valence electrons. The average Bonchev–Trinajstić information content (AvgIpc) is 3.12. The second kappa shape index (κ2) is 4.94. The summed E-state index contributed by atoms with van der Waals surface area (Å²) in [6.45, 7) is 8.50. The number of phenolic OH excluding ortho intramolecular Hbond substituents is 3. The summed E-state index contributed by atoms with van der Waals surface area (Å²) in [5.74, 6) is -0.250. The van der Waals surface area contributed by atoms with Gasteiger partial charge in [-0.3, -0.25) is 0 Å². The monoisotopic (exact) mass is 378 g/mol. The van der Waals surface area contributed by atoms with Gasteiger partial charge in [0, 0.05) is 22.3 Å². The number of phenols is 3. The molecule has 0 aliphatic carbocycles. The third-order valence-electron chi connectivity index (χ3n) is 6.30. The molecule has 6 nitrogen and oxygen atoms in total. The van der Waals surface area contributed by atoms with Crippen LogP contribution < -0.4 is 10.7 Å². The lowest BCUT2D eigenvalue weighted by atomic mass is 9.74. The molecule has 3 aromatic carbocycles. The zero-order chi connectivity index (χ0) is 20.1. The fraction of sp³-hybridized carbons (Fsp3) is 0.364. The van der Waals surface area contributed by atoms with Crippen LogP contribution in [0.1, 0.15) is 27.7 Å². The molecule has 0 aromatic heterocycles. The number of nitrogens with zero attached hydrogens (tertiary/aromatic N) is 2. The highest BCUT2D eigenvalue weighted by Crippen LogP contribution is 2.52. The molecular formula is C22H22N2O4. The minimum absolute atomic E-state index is 0.0268. The molecule has 6 heteroatoms. The van der Waals surface area contributed by atoms with E-state index < -0.39 is 11.3 Å². The first-order valence-electron chi connectivity index (χ1n) is 9.32. The van der Waals surface area contributed by atoms with E-state index in [-0.39, 0.29) is 28.0 Å². The SMILES string of the molecule is CC1(C)COC(C)(C)C12N=c1cc(O)c3c(O)c4ccccc4c(O)c3c1=N2. The lowest BCUT2D eigenvalue weighted by Crippen LogP contribution is -2.50. The molecule has 1 spiro atoms. The molecule has 0 amide bonds. The fourth-order valence-corrected chi connectivity index (χ4v) is 4.79. The maximum atomic E-state index is 11.1. The first kappa shape index (κ1) is 17.3. The Morgan fingerprint density at radius 3 is 2.07 bits per heavy atom. The van der Waals surface area contributed by atoms with Crippen LogP contribution in [0.25, 0.3) is 21.5 Å². The average molecular weight is 378 g/mol. The van der Waals surface area contributed by atoms with Crippen LogP contribution in [0.5, 0.6) is 17.2 Å². The zero-order valence-corrected chi connectivity index (χ0v) is 16.2. The molecule has 3 aromatic rings. The predicted molar refractivity (Wildman–Crippen MR) is 105 cm³/mol. The van der Waals surface area contributed by atoms with Crippen LogP contribution in [0.4, 0.5) is 0 Å². The van der Waals surface area contributed by atoms with Gasteiger partial charge < -0.3 is 20.1 Å². The minimum atomic E-state index is -0.892. The Kier molecular flexibility index (Phi) is 3.05. The van der Waals surface area contributed by atoms with Crippen LogP contribution in [-0.2, 0) is 4.74 Å². The Hall–Kier alpha value is -2.86. The van der Waals surface area contributed by atoms with Crippen molar-refractivity contribution in [1.82, 2.24) is 0 Å². The van der Waals surface area contributed by atoms with Crippen molar-refractivity contribution in [3.63, 3.8) is 0 Å². The maximum absolute atomic E-state index is 11.1. The van der Waals surface area contributed by atoms with Crippen molar-refractivity contribution in [3.8, 4) is 17.2 Å². The lowest BCUT2D eigenvalue weighted by molar-refractivity contribution is 0.00279. The standard InChI is InChI=1S/C22H22N2O4/c1-20(2)10-28-21(3,4)22(20)23-13-9-14(25)15-16(17(13)24-22)19(27)12-8-6-5-7-11(12)18(15)26/h5-9,25-27H,10H2,1-4H3. The quantitative estimate of drug-likeness (QED) is 0.414. The van der Waals surface area contributed by atoms with Gasteiger partial charge in [-0.15, -0.1) is 0 Å². The van der Waals surface area contributed by atoms with Crippen LogP contribution in [0.15, 0.2) is 40.3 Å². The van der Waals surface area contributed by atoms with E-state index in [0.29, 0.717) is 33.5 Å². The van der Waals surface area contributed by atoms with Crippen molar-refractivity contribution >= 4 is 21.5 Å². The maximum Gasteiger partial charge on any atom is 0.186 e. The van der Waals surface area contributed by atoms with E-state index >= 15 is 0 Å². The third-order valence-corrected chi connectivity index (χ3v) is 6.30. The Labute approximate surface area is 161 Å². The summed E-state index contributed by atoms with van der Waals surface area (Å²) in [6.07, 6.45) is 0. The van der Waals surface area contributed by atoms with Crippen LogP contribution in [0, 0.1) is 5.41 Å². The van der Waals surface area contributed by atoms with Gasteiger partial charge in [0.05, 0.1) is 28.1 Å². The van der Waals surface area contributed by atoms with Crippen LogP contribution in [0.3, 0.4) is 0 Å². The van der Waals surface area contributed by atoms with E-state index in [0.717, 1.165) is 0 Å². The van der Waals surface area contributed by atoms with Gasteiger partial charge in [0.25, 0.3) is 0 Å². The molecule has 1 unspecified atom stereocenters. The number of benzene rings is 3. The van der Waals surface area contributed by atoms with E-state index in [1.807, 2.05) is 13.8 Å². The van der Waals surface area contributed by atoms with Crippen molar-refractivity contribution in [1.29, 1.82) is 0 Å². The summed E-state index contributed by atoms with van der Waals surface area (Å²) in [5, 5.41) is 35.0. The van der Waals surface area contributed by atoms with E-state index in [4.69, 9.17) is 14.7 Å². The van der Waals surface area contributed by atoms with Gasteiger partial charge >= 0.3 is 0 Å². The van der Waals surface area contributed by atoms with Crippen molar-refractivity contribution in [2.24, 2.45) is 15.4 Å². The molecule has 28 heavy (non-hydrogen) atoms. The molecule has 1 saturated heterocycles. The third kappa shape index (κ3) is 1.81. The molecule has 0 radical (unpaired) electrons. The molecule has 5 rings (SSSR count). The second-order valence-corrected chi connectivity index (χ2v) is 8.83. The van der Waals surface area contributed by atoms with Gasteiger partial charge in [-0.1, -0.05) is 38.1 Å². The number of fused-ring (bicyclic) bond motifs is 4. The Morgan fingerprint density at radius 1 is 0.893 bits per heavy atom. The highest BCUT2D eigenvalue weighted by atomic mass is 16.5. The summed E-state index contributed by atoms with van der Waals surface area (Å²) < 4.78 is 6.03. The molecule has 2 aliphatic heterocycles. The van der Waals surface area contributed by atoms with Crippen LogP contribution in [-0.4, -0.2) is 33.2 Å². The van der Waals surface area contributed by atoms with Crippen molar-refractivity contribution in [2.45, 2.75) is 39.0 Å². The van der Waals surface area contributed by atoms with Crippen molar-refractivity contribution in [3.05, 3.63) is 41.0 Å². The normalized spacial score (nSPS) is 24.4. The summed E-state index contributed by atoms with van der Waals surface area (Å²) in [6, 6.07) is 8.50. The number of hydrogen-bond acceptors (Lipinski definition) is 6. The van der Waals surface area contributed by atoms with Crippen LogP contribution >= 0.6 is 0 Å². The highest BCUT2D eigenvalue weighted by molar-refractivity contribution is 6.12. The second-order valence-electron chi connectivity index (χ2n) is 8.83. The van der Waals surface area contributed by atoms with Crippen molar-refractivity contribution in [2.75, 3.05) is 6.61 Å². The van der Waals surface area contributed by atoms with Gasteiger partial charge in [-0.05, 0) is 13.8 Å². The van der Waals surface area contributed by atoms with Gasteiger partial charge in [-0.25, -0.2) is 9.98 Å². The number of rotatable bonds is 0. The fourth-order valence-electron chi connectivity index (χ4n) is 4.79. The van der Waals surface area contributed by atoms with Gasteiger partial charge in [0.2, 0.25) is 0 Å². The van der Waals surface area contributed by atoms with Gasteiger partial charge in [0.15, 0.2) is 5.66 Å². The molecule has 0 bridgehead atoms. The topological polar surface area (TPSA) is 94.6 Å². The smallest absolute Gasteiger partial charge is 0.186 e. The lowest BCUT2D eigenvalue weighted by Gasteiger charge is -2.38. The molecule has 2 heterocycles. The van der Waals surface area contributed by atoms with Crippen molar-refractivity contribution < 1.29 is 20.1 Å². The Balaban J connectivity index is 2.02. The Morgan fingerprint density at radius 2 is 1.50 bits per heavy atom. The summed E-state index contributed by atoms with van der Waals surface area (Å²) in [5.41, 5.74) is -1.94. The van der Waals surface area contributed by atoms with E-state index in [1.54, 1.807) is 24.3 Å². The number of aromatic hydroxyl groups is 3. The van der Waals surface area contributed by atoms with Gasteiger partial charge in [-0.2, -0.15) is 0 Å². The molecule has 2 aliphatic rings. The first-order valence-corrected chi connectivity index (χ1v) is 9.32. The van der Waals surface area contributed by atoms with E-state index in [2.05, 4.69) is 13.8 Å². The number of ether oxygens (including phenoxy) is 1. The predicted octanol–water partition coefficient (Wildman–Crippen LogP) is 2.89. The Bertz CT molecular complexity index is 1290.